The number of rotatable bonds is 8. The lowest BCUT2D eigenvalue weighted by Gasteiger charge is -2.12. The second-order valence-corrected chi connectivity index (χ2v) is 5.41. The van der Waals surface area contributed by atoms with E-state index in [0.717, 1.165) is 0 Å². The summed E-state index contributed by atoms with van der Waals surface area (Å²) in [6.45, 7) is 0. The second-order valence-electron chi connectivity index (χ2n) is 5.41. The smallest absolute Gasteiger partial charge is 0.233 e. The van der Waals surface area contributed by atoms with Crippen LogP contribution < -0.4 is 29.6 Å². The number of carbonyl (C=O) groups is 2. The van der Waals surface area contributed by atoms with Gasteiger partial charge in [-0.15, -0.1) is 0 Å². The van der Waals surface area contributed by atoms with Gasteiger partial charge >= 0.3 is 0 Å². The van der Waals surface area contributed by atoms with Crippen LogP contribution in [0.3, 0.4) is 0 Å². The van der Waals surface area contributed by atoms with Gasteiger partial charge in [-0.3, -0.25) is 9.59 Å². The van der Waals surface area contributed by atoms with Crippen LogP contribution in [0.4, 0.5) is 11.4 Å². The summed E-state index contributed by atoms with van der Waals surface area (Å²) in [7, 11) is 6.04. The van der Waals surface area contributed by atoms with E-state index in [1.807, 2.05) is 0 Å². The first-order valence-corrected chi connectivity index (χ1v) is 8.04. The van der Waals surface area contributed by atoms with E-state index in [-0.39, 0.29) is 6.42 Å². The molecule has 144 valence electrons. The van der Waals surface area contributed by atoms with Crippen LogP contribution in [0, 0.1) is 0 Å². The molecule has 0 radical (unpaired) electrons. The van der Waals surface area contributed by atoms with Crippen LogP contribution in [0.2, 0.25) is 0 Å². The summed E-state index contributed by atoms with van der Waals surface area (Å²) in [5.41, 5.74) is 0.994. The van der Waals surface area contributed by atoms with Gasteiger partial charge < -0.3 is 29.6 Å². The van der Waals surface area contributed by atoms with Gasteiger partial charge in [0.15, 0.2) is 23.0 Å². The standard InChI is InChI=1S/C19H22N2O6/c1-24-14-7-5-12(9-16(14)26-3)20-18(22)11-19(23)21-13-6-8-15(25-2)17(10-13)27-4/h5-10H,11H2,1-4H3,(H,20,22)(H,21,23). The quantitative estimate of drug-likeness (QED) is 0.690. The van der Waals surface area contributed by atoms with Gasteiger partial charge in [0.05, 0.1) is 28.4 Å². The normalized spacial score (nSPS) is 9.93. The summed E-state index contributed by atoms with van der Waals surface area (Å²) < 4.78 is 20.6. The van der Waals surface area contributed by atoms with Gasteiger partial charge in [0.2, 0.25) is 11.8 Å². The summed E-state index contributed by atoms with van der Waals surface area (Å²) >= 11 is 0. The third-order valence-corrected chi connectivity index (χ3v) is 3.66. The first-order valence-electron chi connectivity index (χ1n) is 8.04. The van der Waals surface area contributed by atoms with Gasteiger partial charge in [-0.25, -0.2) is 0 Å². The number of carbonyl (C=O) groups excluding carboxylic acids is 2. The van der Waals surface area contributed by atoms with Crippen LogP contribution in [-0.4, -0.2) is 40.3 Å². The molecule has 0 bridgehead atoms. The molecule has 0 saturated carbocycles. The minimum absolute atomic E-state index is 0.345. The highest BCUT2D eigenvalue weighted by molar-refractivity contribution is 6.08. The van der Waals surface area contributed by atoms with Crippen LogP contribution >= 0.6 is 0 Å². The average Bonchev–Trinajstić information content (AvgIpc) is 2.67. The van der Waals surface area contributed by atoms with Crippen molar-refractivity contribution in [2.75, 3.05) is 39.1 Å². The molecule has 0 aliphatic heterocycles. The van der Waals surface area contributed by atoms with Crippen molar-refractivity contribution in [2.45, 2.75) is 6.42 Å². The Bertz CT molecular complexity index is 754. The lowest BCUT2D eigenvalue weighted by atomic mass is 10.2. The van der Waals surface area contributed by atoms with E-state index in [1.54, 1.807) is 36.4 Å². The van der Waals surface area contributed by atoms with E-state index in [4.69, 9.17) is 18.9 Å². The number of hydrogen-bond donors (Lipinski definition) is 2. The molecule has 0 aliphatic carbocycles. The Kier molecular flexibility index (Phi) is 6.87. The Morgan fingerprint density at radius 3 is 1.37 bits per heavy atom. The maximum Gasteiger partial charge on any atom is 0.233 e. The fourth-order valence-corrected chi connectivity index (χ4v) is 2.38. The SMILES string of the molecule is COc1ccc(NC(=O)CC(=O)Nc2ccc(OC)c(OC)c2)cc1OC. The van der Waals surface area contributed by atoms with Gasteiger partial charge in [0.1, 0.15) is 6.42 Å². The van der Waals surface area contributed by atoms with Gasteiger partial charge in [0, 0.05) is 23.5 Å². The van der Waals surface area contributed by atoms with Crippen molar-refractivity contribution in [3.05, 3.63) is 36.4 Å². The number of nitrogens with one attached hydrogen (secondary N) is 2. The van der Waals surface area contributed by atoms with Crippen LogP contribution in [0.1, 0.15) is 6.42 Å². The molecule has 0 aromatic heterocycles. The highest BCUT2D eigenvalue weighted by Gasteiger charge is 2.13. The molecule has 27 heavy (non-hydrogen) atoms. The van der Waals surface area contributed by atoms with E-state index >= 15 is 0 Å². The van der Waals surface area contributed by atoms with E-state index in [1.165, 1.54) is 28.4 Å². The number of hydrogen-bond acceptors (Lipinski definition) is 6. The Morgan fingerprint density at radius 2 is 1.04 bits per heavy atom. The van der Waals surface area contributed by atoms with E-state index < -0.39 is 11.8 Å². The fraction of sp³-hybridized carbons (Fsp3) is 0.263. The number of benzene rings is 2. The molecule has 0 spiro atoms. The minimum Gasteiger partial charge on any atom is -0.493 e. The average molecular weight is 374 g/mol. The Morgan fingerprint density at radius 1 is 0.667 bits per heavy atom. The first-order chi connectivity index (χ1) is 13.0. The van der Waals surface area contributed by atoms with E-state index in [9.17, 15) is 9.59 Å². The van der Waals surface area contributed by atoms with Gasteiger partial charge in [-0.1, -0.05) is 0 Å². The predicted octanol–water partition coefficient (Wildman–Crippen LogP) is 2.69. The lowest BCUT2D eigenvalue weighted by molar-refractivity contribution is -0.123. The number of ether oxygens (including phenoxy) is 4. The molecule has 2 aromatic rings. The van der Waals surface area contributed by atoms with Gasteiger partial charge in [0.25, 0.3) is 0 Å². The Balaban J connectivity index is 1.97. The highest BCUT2D eigenvalue weighted by Crippen LogP contribution is 2.30. The lowest BCUT2D eigenvalue weighted by Crippen LogP contribution is -2.21. The molecule has 2 N–H and O–H groups in total. The summed E-state index contributed by atoms with van der Waals surface area (Å²) in [6.07, 6.45) is -0.345. The molecule has 0 atom stereocenters. The molecule has 2 aromatic carbocycles. The predicted molar refractivity (Wildman–Crippen MR) is 101 cm³/mol. The zero-order valence-corrected chi connectivity index (χ0v) is 15.6. The number of methoxy groups -OCH3 is 4. The Labute approximate surface area is 157 Å². The summed E-state index contributed by atoms with van der Waals surface area (Å²) in [4.78, 5) is 24.2. The molecular weight excluding hydrogens is 352 g/mol. The third kappa shape index (κ3) is 5.27. The third-order valence-electron chi connectivity index (χ3n) is 3.66. The van der Waals surface area contributed by atoms with Crippen molar-refractivity contribution in [1.29, 1.82) is 0 Å². The van der Waals surface area contributed by atoms with Crippen LogP contribution in [0.15, 0.2) is 36.4 Å². The summed E-state index contributed by atoms with van der Waals surface area (Å²) in [5, 5.41) is 5.29. The van der Waals surface area contributed by atoms with Crippen molar-refractivity contribution in [1.82, 2.24) is 0 Å². The molecule has 8 heteroatoms. The molecule has 0 aliphatic rings. The number of amides is 2. The molecule has 8 nitrogen and oxygen atoms in total. The first kappa shape index (κ1) is 19.9. The van der Waals surface area contributed by atoms with Crippen LogP contribution in [0.5, 0.6) is 23.0 Å². The maximum atomic E-state index is 12.1. The van der Waals surface area contributed by atoms with Crippen LogP contribution in [-0.2, 0) is 9.59 Å². The molecule has 2 rings (SSSR count). The molecule has 0 heterocycles. The summed E-state index contributed by atoms with van der Waals surface area (Å²) in [5.74, 6) is 1.12. The minimum atomic E-state index is -0.458. The van der Waals surface area contributed by atoms with E-state index in [2.05, 4.69) is 10.6 Å². The molecular formula is C19H22N2O6. The molecule has 0 fully saturated rings. The van der Waals surface area contributed by atoms with Crippen molar-refractivity contribution in [3.63, 3.8) is 0 Å². The van der Waals surface area contributed by atoms with Gasteiger partial charge in [-0.2, -0.15) is 0 Å². The fourth-order valence-electron chi connectivity index (χ4n) is 2.38. The van der Waals surface area contributed by atoms with Crippen molar-refractivity contribution >= 4 is 23.2 Å². The van der Waals surface area contributed by atoms with Crippen molar-refractivity contribution in [2.24, 2.45) is 0 Å². The molecule has 0 saturated heterocycles. The highest BCUT2D eigenvalue weighted by atomic mass is 16.5. The largest absolute Gasteiger partial charge is 0.493 e. The monoisotopic (exact) mass is 374 g/mol. The van der Waals surface area contributed by atoms with Crippen molar-refractivity contribution in [3.8, 4) is 23.0 Å². The second kappa shape index (κ2) is 9.33. The number of anilines is 2. The topological polar surface area (TPSA) is 95.1 Å². The zero-order chi connectivity index (χ0) is 19.8. The molecule has 2 amide bonds. The Hall–Kier alpha value is -3.42. The van der Waals surface area contributed by atoms with Crippen molar-refractivity contribution < 1.29 is 28.5 Å². The van der Waals surface area contributed by atoms with Crippen LogP contribution in [0.25, 0.3) is 0 Å². The van der Waals surface area contributed by atoms with Gasteiger partial charge in [-0.05, 0) is 24.3 Å². The van der Waals surface area contributed by atoms with E-state index in [0.29, 0.717) is 34.4 Å². The maximum absolute atomic E-state index is 12.1. The molecule has 0 unspecified atom stereocenters. The zero-order valence-electron chi connectivity index (χ0n) is 15.6. The summed E-state index contributed by atoms with van der Waals surface area (Å²) in [6, 6.07) is 9.87.